The zero-order valence-electron chi connectivity index (χ0n) is 54.6. The van der Waals surface area contributed by atoms with E-state index in [0.29, 0.717) is 129 Å². The molecule has 30 heteroatoms. The van der Waals surface area contributed by atoms with E-state index in [0.717, 1.165) is 0 Å². The third kappa shape index (κ3) is 28.6. The lowest BCUT2D eigenvalue weighted by Gasteiger charge is -2.40. The Kier molecular flexibility index (Phi) is 40.4. The molecule has 536 valence electrons. The average Bonchev–Trinajstić information content (AvgIpc) is 1.12. The van der Waals surface area contributed by atoms with E-state index < -0.39 is 161 Å². The molecular weight excluding hydrogens is 1220 g/mol. The van der Waals surface area contributed by atoms with E-state index in [1.54, 1.807) is 27.7 Å². The van der Waals surface area contributed by atoms with Gasteiger partial charge in [-0.2, -0.15) is 0 Å². The molecule has 0 radical (unpaired) electrons. The maximum atomic E-state index is 12.4. The summed E-state index contributed by atoms with van der Waals surface area (Å²) in [4.78, 5) is 73.2. The Hall–Kier alpha value is -3.58. The summed E-state index contributed by atoms with van der Waals surface area (Å²) < 4.78 is 44.7. The second-order valence-corrected chi connectivity index (χ2v) is 24.7. The third-order valence-corrected chi connectivity index (χ3v) is 17.2. The van der Waals surface area contributed by atoms with Crippen LogP contribution in [0.5, 0.6) is 0 Å². The number of Topliss-reactive ketones (excluding diaryl/α,β-unsaturated/α-hetero) is 2. The van der Waals surface area contributed by atoms with E-state index in [9.17, 15) is 90.0 Å². The number of ketones is 2. The third-order valence-electron chi connectivity index (χ3n) is 17.2. The van der Waals surface area contributed by atoms with Gasteiger partial charge in [-0.05, 0) is 104 Å². The molecule has 4 rings (SSSR count). The largest absolute Gasteiger partial charge is 0.394 e. The summed E-state index contributed by atoms with van der Waals surface area (Å²) in [7, 11) is 0. The average molecular weight is 1330 g/mol. The van der Waals surface area contributed by atoms with Crippen molar-refractivity contribution < 1.29 is 128 Å². The highest BCUT2D eigenvalue weighted by atomic mass is 16.7. The number of aliphatic hydroxyl groups is 12. The zero-order chi connectivity index (χ0) is 68.5. The molecule has 22 atom stereocenters. The molecular formula is C62H112N4O26. The molecule has 16 N–H and O–H groups in total. The molecule has 92 heavy (non-hydrogen) atoms. The van der Waals surface area contributed by atoms with Crippen molar-refractivity contribution in [1.82, 2.24) is 21.3 Å². The van der Waals surface area contributed by atoms with Crippen LogP contribution in [0.3, 0.4) is 0 Å². The summed E-state index contributed by atoms with van der Waals surface area (Å²) in [5.74, 6) is -2.89. The summed E-state index contributed by atoms with van der Waals surface area (Å²) in [5, 5.41) is 128. The molecule has 0 aromatic heterocycles. The predicted molar refractivity (Wildman–Crippen MR) is 326 cm³/mol. The van der Waals surface area contributed by atoms with Gasteiger partial charge in [-0.25, -0.2) is 0 Å². The van der Waals surface area contributed by atoms with Crippen molar-refractivity contribution in [3.8, 4) is 0 Å². The van der Waals surface area contributed by atoms with Crippen molar-refractivity contribution in [3.63, 3.8) is 0 Å². The molecule has 4 saturated heterocycles. The monoisotopic (exact) mass is 1330 g/mol. The van der Waals surface area contributed by atoms with Gasteiger partial charge < -0.3 is 120 Å². The van der Waals surface area contributed by atoms with Crippen molar-refractivity contribution in [3.05, 3.63) is 0 Å². The van der Waals surface area contributed by atoms with Crippen LogP contribution in [0, 0.1) is 23.7 Å². The highest BCUT2D eigenvalue weighted by Crippen LogP contribution is 2.31. The molecule has 4 aliphatic rings. The fraction of sp³-hybridized carbons (Fsp3) is 0.903. The van der Waals surface area contributed by atoms with Crippen molar-refractivity contribution in [2.24, 2.45) is 23.7 Å². The van der Waals surface area contributed by atoms with Gasteiger partial charge in [0.25, 0.3) is 0 Å². The maximum Gasteiger partial charge on any atom is 0.220 e. The van der Waals surface area contributed by atoms with E-state index in [1.807, 2.05) is 0 Å². The quantitative estimate of drug-likeness (QED) is 0.0287. The molecule has 4 aliphatic heterocycles. The van der Waals surface area contributed by atoms with Crippen molar-refractivity contribution in [1.29, 1.82) is 0 Å². The minimum atomic E-state index is -1.19. The molecule has 4 fully saturated rings. The first kappa shape index (κ1) is 82.7. The number of amides is 4. The normalized spacial score (nSPS) is 32.1. The van der Waals surface area contributed by atoms with Gasteiger partial charge >= 0.3 is 0 Å². The molecule has 21 unspecified atom stereocenters. The molecule has 0 aliphatic carbocycles. The molecule has 0 aromatic carbocycles. The first-order valence-corrected chi connectivity index (χ1v) is 32.9. The first-order valence-electron chi connectivity index (χ1n) is 32.9. The number of rotatable bonds is 42. The highest BCUT2D eigenvalue weighted by molar-refractivity contribution is 5.88. The number of ether oxygens (including phenoxy) is 8. The highest BCUT2D eigenvalue weighted by Gasteiger charge is 2.46. The Morgan fingerprint density at radius 1 is 0.348 bits per heavy atom. The fourth-order valence-corrected chi connectivity index (χ4v) is 10.9. The molecule has 0 aromatic rings. The minimum Gasteiger partial charge on any atom is -0.394 e. The van der Waals surface area contributed by atoms with Gasteiger partial charge in [-0.1, -0.05) is 27.7 Å². The fourth-order valence-electron chi connectivity index (χ4n) is 10.9. The summed E-state index contributed by atoms with van der Waals surface area (Å²) in [5.41, 5.74) is 0. The zero-order valence-corrected chi connectivity index (χ0v) is 54.6. The van der Waals surface area contributed by atoms with Gasteiger partial charge in [-0.15, -0.1) is 0 Å². The van der Waals surface area contributed by atoms with Crippen LogP contribution >= 0.6 is 0 Å². The minimum absolute atomic E-state index is 0.104. The molecule has 0 bridgehead atoms. The van der Waals surface area contributed by atoms with Gasteiger partial charge in [0.05, 0.1) is 62.9 Å². The lowest BCUT2D eigenvalue weighted by Crippen LogP contribution is -2.55. The van der Waals surface area contributed by atoms with Crippen molar-refractivity contribution in [2.45, 2.75) is 268 Å². The summed E-state index contributed by atoms with van der Waals surface area (Å²) in [6.45, 7) is 9.86. The Labute approximate surface area is 540 Å². The van der Waals surface area contributed by atoms with Crippen LogP contribution in [-0.2, 0) is 66.7 Å². The summed E-state index contributed by atoms with van der Waals surface area (Å²) >= 11 is 0. The van der Waals surface area contributed by atoms with E-state index >= 15 is 0 Å². The smallest absolute Gasteiger partial charge is 0.220 e. The topological polar surface area (TPSA) is 467 Å². The van der Waals surface area contributed by atoms with Crippen LogP contribution in [0.2, 0.25) is 0 Å². The van der Waals surface area contributed by atoms with Gasteiger partial charge in [0.2, 0.25) is 23.6 Å². The number of hydrogen-bond acceptors (Lipinski definition) is 26. The van der Waals surface area contributed by atoms with E-state index in [-0.39, 0.29) is 61.3 Å². The second-order valence-electron chi connectivity index (χ2n) is 24.7. The summed E-state index contributed by atoms with van der Waals surface area (Å²) in [6.07, 6.45) is -6.85. The number of hydrogen-bond donors (Lipinski definition) is 16. The molecule has 0 spiro atoms. The van der Waals surface area contributed by atoms with Gasteiger partial charge in [0.15, 0.2) is 36.7 Å². The molecule has 4 amide bonds. The first-order chi connectivity index (χ1) is 43.8. The van der Waals surface area contributed by atoms with Crippen molar-refractivity contribution in [2.75, 3.05) is 65.9 Å². The van der Waals surface area contributed by atoms with Gasteiger partial charge in [0.1, 0.15) is 48.8 Å². The SMILES string of the molecule is CC(=O)C(CCCCNC(=O)CCCCOC1OC(CO)C(O)C(O)C1C)NC(=O)CCCCOC1OC(CO)C(O)C(O)C1C.CC(=O)[C@@H](CCCCNC(=O)CCCCOC1OC(CO)C(O)C(O)C1C)NC(=O)CCCCOC1OC(CO)C(O)C(O)C1C. The Morgan fingerprint density at radius 2 is 0.587 bits per heavy atom. The lowest BCUT2D eigenvalue weighted by molar-refractivity contribution is -0.282. The van der Waals surface area contributed by atoms with E-state index in [2.05, 4.69) is 21.3 Å². The molecule has 4 heterocycles. The number of unbranched alkanes of at least 4 members (excludes halogenated alkanes) is 6. The standard InChI is InChI=1S/2C31H56N2O13/c2*1-18-26(39)28(41)22(16-34)45-30(18)43-14-8-5-11-24(37)32-13-7-4-10-21(20(3)36)33-25(38)12-6-9-15-44-31-19(2)27(40)29(42)23(17-35)46-31/h2*18-19,21-23,26-31,34-35,39-42H,4-17H2,1-3H3,(H,32,37)(H,33,38)/t18?,19?,21-,22?,23?,26?,27?,28?,29?,30?,31?;/m1./s1. The molecule has 30 nitrogen and oxygen atoms in total. The van der Waals surface area contributed by atoms with Crippen LogP contribution in [0.15, 0.2) is 0 Å². The number of carbonyl (C=O) groups excluding carboxylic acids is 6. The predicted octanol–water partition coefficient (Wildman–Crippen LogP) is -2.26. The Morgan fingerprint density at radius 3 is 0.815 bits per heavy atom. The molecule has 0 saturated carbocycles. The Balaban J connectivity index is 0.000000480. The maximum absolute atomic E-state index is 12.4. The van der Waals surface area contributed by atoms with Crippen molar-refractivity contribution >= 4 is 35.2 Å². The van der Waals surface area contributed by atoms with Gasteiger partial charge in [0, 0.05) is 88.9 Å². The Bertz CT molecular complexity index is 1960. The van der Waals surface area contributed by atoms with Gasteiger partial charge in [-0.3, -0.25) is 28.8 Å². The van der Waals surface area contributed by atoms with E-state index in [4.69, 9.17) is 37.9 Å². The van der Waals surface area contributed by atoms with Crippen LogP contribution in [0.4, 0.5) is 0 Å². The van der Waals surface area contributed by atoms with Crippen LogP contribution < -0.4 is 21.3 Å². The number of nitrogens with one attached hydrogen (secondary N) is 4. The summed E-state index contributed by atoms with van der Waals surface area (Å²) in [6, 6.07) is -1.21. The van der Waals surface area contributed by atoms with Crippen LogP contribution in [0.25, 0.3) is 0 Å². The number of carbonyl (C=O) groups is 6. The second kappa shape index (κ2) is 45.0. The number of aliphatic hydroxyl groups excluding tert-OH is 12. The lowest BCUT2D eigenvalue weighted by atomic mass is 9.92. The van der Waals surface area contributed by atoms with Crippen LogP contribution in [0.1, 0.15) is 157 Å². The van der Waals surface area contributed by atoms with E-state index in [1.165, 1.54) is 13.8 Å². The van der Waals surface area contributed by atoms with Crippen LogP contribution in [-0.4, -0.2) is 273 Å².